The van der Waals surface area contributed by atoms with Crippen LogP contribution in [0, 0.1) is 5.41 Å². The number of aromatic nitrogens is 1. The lowest BCUT2D eigenvalue weighted by molar-refractivity contribution is -0.192. The molecule has 1 N–H and O–H groups in total. The molecular weight excluding hydrogens is 429 g/mol. The van der Waals surface area contributed by atoms with Gasteiger partial charge in [-0.05, 0) is 50.7 Å². The molecule has 2 saturated heterocycles. The number of nitrogens with zero attached hydrogens (tertiary/aromatic N) is 2. The predicted octanol–water partition coefficient (Wildman–Crippen LogP) is 3.60. The van der Waals surface area contributed by atoms with Gasteiger partial charge < -0.3 is 19.5 Å². The Balaban J connectivity index is 0.000000360. The molecule has 2 atom stereocenters. The molecule has 0 radical (unpaired) electrons. The highest BCUT2D eigenvalue weighted by molar-refractivity contribution is 5.93. The molecule has 0 unspecified atom stereocenters. The molecule has 7 nitrogen and oxygen atoms in total. The third-order valence-electron chi connectivity index (χ3n) is 6.03. The van der Waals surface area contributed by atoms with E-state index < -0.39 is 12.1 Å². The smallest absolute Gasteiger partial charge is 0.490 e. The molecule has 1 amide bonds. The van der Waals surface area contributed by atoms with Gasteiger partial charge in [-0.3, -0.25) is 9.78 Å². The van der Waals surface area contributed by atoms with Crippen LogP contribution in [0.1, 0.15) is 38.5 Å². The molecule has 10 heteroatoms. The summed E-state index contributed by atoms with van der Waals surface area (Å²) in [7, 11) is 0. The van der Waals surface area contributed by atoms with Crippen molar-refractivity contribution < 1.29 is 37.3 Å². The van der Waals surface area contributed by atoms with Crippen LogP contribution in [0.5, 0.6) is 5.75 Å². The van der Waals surface area contributed by atoms with Crippen LogP contribution in [0.3, 0.4) is 0 Å². The topological polar surface area (TPSA) is 89.0 Å². The summed E-state index contributed by atoms with van der Waals surface area (Å²) in [5.74, 6) is -1.75. The molecule has 3 aliphatic rings. The summed E-state index contributed by atoms with van der Waals surface area (Å²) in [6.45, 7) is 2.85. The van der Waals surface area contributed by atoms with Gasteiger partial charge in [-0.15, -0.1) is 0 Å². The summed E-state index contributed by atoms with van der Waals surface area (Å²) in [4.78, 5) is 28.0. The van der Waals surface area contributed by atoms with Crippen molar-refractivity contribution in [1.82, 2.24) is 9.88 Å². The molecule has 0 saturated carbocycles. The Morgan fingerprint density at radius 2 is 2.12 bits per heavy atom. The van der Waals surface area contributed by atoms with Gasteiger partial charge in [-0.1, -0.05) is 6.08 Å². The SMILES string of the molecule is O=C(C1=CCCCC1)N1CC[C@H]2OCC[C@@]2(COc2cccnc2)C1.O=C(O)C(F)(F)F. The first-order valence-electron chi connectivity index (χ1n) is 10.6. The van der Waals surface area contributed by atoms with Crippen molar-refractivity contribution in [2.24, 2.45) is 5.41 Å². The molecule has 0 spiro atoms. The summed E-state index contributed by atoms with van der Waals surface area (Å²) < 4.78 is 43.7. The largest absolute Gasteiger partial charge is 0.491 e. The summed E-state index contributed by atoms with van der Waals surface area (Å²) in [6.07, 6.45) is 6.87. The quantitative estimate of drug-likeness (QED) is 0.745. The van der Waals surface area contributed by atoms with Gasteiger partial charge in [-0.25, -0.2) is 4.79 Å². The van der Waals surface area contributed by atoms with Gasteiger partial charge in [0.05, 0.1) is 24.3 Å². The van der Waals surface area contributed by atoms with Crippen LogP contribution in [0.2, 0.25) is 0 Å². The highest BCUT2D eigenvalue weighted by atomic mass is 19.4. The molecule has 32 heavy (non-hydrogen) atoms. The lowest BCUT2D eigenvalue weighted by Gasteiger charge is -2.43. The van der Waals surface area contributed by atoms with Crippen molar-refractivity contribution in [2.75, 3.05) is 26.3 Å². The molecular formula is C22H27F3N2O5. The van der Waals surface area contributed by atoms with E-state index in [0.717, 1.165) is 63.1 Å². The second-order valence-corrected chi connectivity index (χ2v) is 8.24. The van der Waals surface area contributed by atoms with E-state index in [-0.39, 0.29) is 17.4 Å². The van der Waals surface area contributed by atoms with Crippen molar-refractivity contribution in [2.45, 2.75) is 50.8 Å². The van der Waals surface area contributed by atoms with Crippen LogP contribution in [0.25, 0.3) is 0 Å². The van der Waals surface area contributed by atoms with Gasteiger partial charge in [-0.2, -0.15) is 13.2 Å². The number of alkyl halides is 3. The average Bonchev–Trinajstić information content (AvgIpc) is 3.22. The zero-order chi connectivity index (χ0) is 23.2. The van der Waals surface area contributed by atoms with Crippen molar-refractivity contribution in [3.63, 3.8) is 0 Å². The maximum Gasteiger partial charge on any atom is 0.490 e. The van der Waals surface area contributed by atoms with Crippen molar-refractivity contribution in [3.05, 3.63) is 36.2 Å². The molecule has 1 aromatic heterocycles. The molecule has 4 rings (SSSR count). The number of likely N-dealkylation sites (tertiary alicyclic amines) is 1. The number of hydrogen-bond donors (Lipinski definition) is 1. The number of pyridine rings is 1. The number of rotatable bonds is 4. The Labute approximate surface area is 184 Å². The van der Waals surface area contributed by atoms with Gasteiger partial charge in [0.2, 0.25) is 5.91 Å². The number of carboxylic acid groups (broad SMARTS) is 1. The minimum Gasteiger partial charge on any atom is -0.491 e. The van der Waals surface area contributed by atoms with E-state index >= 15 is 0 Å². The highest BCUT2D eigenvalue weighted by Gasteiger charge is 2.49. The van der Waals surface area contributed by atoms with E-state index in [2.05, 4.69) is 11.1 Å². The third-order valence-corrected chi connectivity index (χ3v) is 6.03. The second kappa shape index (κ2) is 10.3. The second-order valence-electron chi connectivity index (χ2n) is 8.24. The van der Waals surface area contributed by atoms with E-state index in [4.69, 9.17) is 19.4 Å². The highest BCUT2D eigenvalue weighted by Crippen LogP contribution is 2.41. The number of amides is 1. The standard InChI is InChI=1S/C20H26N2O3.C2HF3O2/c23-19(16-5-2-1-3-6-16)22-11-8-18-20(14-22,9-12-24-18)15-25-17-7-4-10-21-13-17;3-2(4,5)1(6)7/h4-5,7,10,13,18H,1-3,6,8-9,11-12,14-15H2;(H,6,7)/t18-,20+;/m1./s1. The zero-order valence-corrected chi connectivity index (χ0v) is 17.6. The third kappa shape index (κ3) is 5.99. The number of aliphatic carboxylic acids is 1. The minimum atomic E-state index is -5.08. The van der Waals surface area contributed by atoms with E-state index in [1.54, 1.807) is 12.4 Å². The van der Waals surface area contributed by atoms with Crippen LogP contribution in [-0.2, 0) is 14.3 Å². The summed E-state index contributed by atoms with van der Waals surface area (Å²) in [5.41, 5.74) is 0.908. The van der Waals surface area contributed by atoms with Gasteiger partial charge in [0.25, 0.3) is 0 Å². The molecule has 1 aromatic rings. The van der Waals surface area contributed by atoms with Crippen molar-refractivity contribution in [3.8, 4) is 5.75 Å². The fourth-order valence-corrected chi connectivity index (χ4v) is 4.32. The number of piperidine rings is 1. The first kappa shape index (κ1) is 24.0. The summed E-state index contributed by atoms with van der Waals surface area (Å²) in [6, 6.07) is 3.80. The molecule has 3 heterocycles. The maximum atomic E-state index is 12.9. The van der Waals surface area contributed by atoms with Gasteiger partial charge >= 0.3 is 12.1 Å². The Kier molecular flexibility index (Phi) is 7.76. The van der Waals surface area contributed by atoms with E-state index in [1.807, 2.05) is 17.0 Å². The molecule has 176 valence electrons. The average molecular weight is 456 g/mol. The van der Waals surface area contributed by atoms with Crippen LogP contribution in [0.4, 0.5) is 13.2 Å². The molecule has 2 fully saturated rings. The van der Waals surface area contributed by atoms with Gasteiger partial charge in [0.15, 0.2) is 0 Å². The molecule has 1 aliphatic carbocycles. The fraction of sp³-hybridized carbons (Fsp3) is 0.591. The van der Waals surface area contributed by atoms with Gasteiger partial charge in [0, 0.05) is 31.5 Å². The van der Waals surface area contributed by atoms with Crippen molar-refractivity contribution >= 4 is 11.9 Å². The van der Waals surface area contributed by atoms with E-state index in [9.17, 15) is 18.0 Å². The Morgan fingerprint density at radius 1 is 1.34 bits per heavy atom. The molecule has 2 aliphatic heterocycles. The van der Waals surface area contributed by atoms with Crippen molar-refractivity contribution in [1.29, 1.82) is 0 Å². The number of halogens is 3. The number of carbonyl (C=O) groups is 2. The lowest BCUT2D eigenvalue weighted by atomic mass is 9.77. The van der Waals surface area contributed by atoms with Crippen LogP contribution < -0.4 is 4.74 Å². The summed E-state index contributed by atoms with van der Waals surface area (Å²) >= 11 is 0. The summed E-state index contributed by atoms with van der Waals surface area (Å²) in [5, 5.41) is 7.12. The normalized spacial score (nSPS) is 25.2. The number of allylic oxidation sites excluding steroid dienone is 1. The number of carboxylic acids is 1. The van der Waals surface area contributed by atoms with Crippen LogP contribution >= 0.6 is 0 Å². The monoisotopic (exact) mass is 456 g/mol. The predicted molar refractivity (Wildman–Crippen MR) is 108 cm³/mol. The Bertz CT molecular complexity index is 831. The van der Waals surface area contributed by atoms with Gasteiger partial charge in [0.1, 0.15) is 5.75 Å². The zero-order valence-electron chi connectivity index (χ0n) is 17.6. The maximum absolute atomic E-state index is 12.9. The number of ether oxygens (including phenoxy) is 2. The first-order chi connectivity index (χ1) is 15.2. The number of carbonyl (C=O) groups excluding carboxylic acids is 1. The Hall–Kier alpha value is -2.62. The molecule has 0 aromatic carbocycles. The van der Waals surface area contributed by atoms with Crippen LogP contribution in [-0.4, -0.2) is 65.5 Å². The van der Waals surface area contributed by atoms with E-state index in [0.29, 0.717) is 6.61 Å². The lowest BCUT2D eigenvalue weighted by Crippen LogP contribution is -2.54. The molecule has 0 bridgehead atoms. The first-order valence-corrected chi connectivity index (χ1v) is 10.6. The van der Waals surface area contributed by atoms with E-state index in [1.165, 1.54) is 6.42 Å². The van der Waals surface area contributed by atoms with Crippen LogP contribution in [0.15, 0.2) is 36.2 Å². The number of hydrogen-bond acceptors (Lipinski definition) is 5. The number of fused-ring (bicyclic) bond motifs is 1. The minimum absolute atomic E-state index is 0.0982. The Morgan fingerprint density at radius 3 is 2.75 bits per heavy atom. The fourth-order valence-electron chi connectivity index (χ4n) is 4.32.